The molecule has 1 aromatic heterocycles. The van der Waals surface area contributed by atoms with E-state index in [9.17, 15) is 0 Å². The first-order chi connectivity index (χ1) is 7.90. The molecule has 0 spiro atoms. The van der Waals surface area contributed by atoms with Crippen molar-refractivity contribution in [2.75, 3.05) is 7.05 Å². The number of H-pyrrole nitrogens is 1. The third-order valence-corrected chi connectivity index (χ3v) is 2.49. The van der Waals surface area contributed by atoms with Crippen molar-refractivity contribution < 1.29 is 0 Å². The lowest BCUT2D eigenvalue weighted by molar-refractivity contribution is 0.789. The molecular formula is C11H15N5. The first kappa shape index (κ1) is 10.8. The van der Waals surface area contributed by atoms with Crippen molar-refractivity contribution in [2.24, 2.45) is 0 Å². The minimum Gasteiger partial charge on any atom is -0.316 e. The van der Waals surface area contributed by atoms with E-state index >= 15 is 0 Å². The largest absolute Gasteiger partial charge is 0.316 e. The summed E-state index contributed by atoms with van der Waals surface area (Å²) in [5, 5.41) is 17.1. The van der Waals surface area contributed by atoms with E-state index in [0.717, 1.165) is 25.2 Å². The van der Waals surface area contributed by atoms with Gasteiger partial charge in [0, 0.05) is 13.0 Å². The normalized spacial score (nSPS) is 10.6. The number of nitrogens with one attached hydrogen (secondary N) is 2. The Morgan fingerprint density at radius 2 is 2.00 bits per heavy atom. The number of aromatic amines is 1. The van der Waals surface area contributed by atoms with Crippen molar-refractivity contribution in [3.63, 3.8) is 0 Å². The summed E-state index contributed by atoms with van der Waals surface area (Å²) in [7, 11) is 1.95. The molecule has 84 valence electrons. The summed E-state index contributed by atoms with van der Waals surface area (Å²) >= 11 is 0. The molecule has 16 heavy (non-hydrogen) atoms. The Morgan fingerprint density at radius 3 is 2.69 bits per heavy atom. The van der Waals surface area contributed by atoms with Gasteiger partial charge in [0.25, 0.3) is 0 Å². The molecule has 5 heteroatoms. The standard InChI is InChI=1S/C11H15N5/c1-12-8-10-5-3-2-4-9(10)6-7-11-13-15-16-14-11/h2-5,12H,6-8H2,1H3,(H,13,14,15,16). The number of hydrogen-bond donors (Lipinski definition) is 2. The zero-order chi connectivity index (χ0) is 11.2. The molecule has 0 radical (unpaired) electrons. The molecule has 0 bridgehead atoms. The fourth-order valence-corrected chi connectivity index (χ4v) is 1.70. The molecule has 0 fully saturated rings. The number of tetrazole rings is 1. The molecule has 0 aliphatic carbocycles. The summed E-state index contributed by atoms with van der Waals surface area (Å²) in [6, 6.07) is 8.41. The van der Waals surface area contributed by atoms with Gasteiger partial charge in [-0.2, -0.15) is 5.21 Å². The Balaban J connectivity index is 2.03. The Hall–Kier alpha value is -1.75. The van der Waals surface area contributed by atoms with Crippen molar-refractivity contribution in [1.29, 1.82) is 0 Å². The zero-order valence-electron chi connectivity index (χ0n) is 9.27. The van der Waals surface area contributed by atoms with Crippen LogP contribution in [0, 0.1) is 0 Å². The predicted octanol–water partition coefficient (Wildman–Crippen LogP) is 0.704. The van der Waals surface area contributed by atoms with Crippen LogP contribution in [-0.2, 0) is 19.4 Å². The van der Waals surface area contributed by atoms with Crippen LogP contribution >= 0.6 is 0 Å². The van der Waals surface area contributed by atoms with Gasteiger partial charge >= 0.3 is 0 Å². The minimum absolute atomic E-state index is 0.763. The highest BCUT2D eigenvalue weighted by Gasteiger charge is 2.03. The lowest BCUT2D eigenvalue weighted by atomic mass is 10.0. The molecule has 0 amide bonds. The molecule has 0 saturated carbocycles. The average molecular weight is 217 g/mol. The van der Waals surface area contributed by atoms with Crippen LogP contribution in [0.5, 0.6) is 0 Å². The molecule has 5 nitrogen and oxygen atoms in total. The van der Waals surface area contributed by atoms with E-state index in [2.05, 4.69) is 50.2 Å². The maximum Gasteiger partial charge on any atom is 0.174 e. The molecule has 2 N–H and O–H groups in total. The Kier molecular flexibility index (Phi) is 3.61. The molecule has 2 rings (SSSR count). The predicted molar refractivity (Wildman–Crippen MR) is 60.8 cm³/mol. The van der Waals surface area contributed by atoms with Gasteiger partial charge in [0.2, 0.25) is 0 Å². The van der Waals surface area contributed by atoms with Crippen LogP contribution in [0.4, 0.5) is 0 Å². The van der Waals surface area contributed by atoms with Crippen LogP contribution in [-0.4, -0.2) is 27.7 Å². The van der Waals surface area contributed by atoms with E-state index in [4.69, 9.17) is 0 Å². The van der Waals surface area contributed by atoms with Crippen LogP contribution in [0.25, 0.3) is 0 Å². The molecule has 0 unspecified atom stereocenters. The smallest absolute Gasteiger partial charge is 0.174 e. The lowest BCUT2D eigenvalue weighted by Crippen LogP contribution is -2.08. The van der Waals surface area contributed by atoms with Gasteiger partial charge in [-0.1, -0.05) is 29.5 Å². The molecular weight excluding hydrogens is 202 g/mol. The highest BCUT2D eigenvalue weighted by Crippen LogP contribution is 2.10. The van der Waals surface area contributed by atoms with E-state index in [1.807, 2.05) is 7.05 Å². The summed E-state index contributed by atoms with van der Waals surface area (Å²) < 4.78 is 0. The van der Waals surface area contributed by atoms with Crippen LogP contribution in [0.2, 0.25) is 0 Å². The van der Waals surface area contributed by atoms with Gasteiger partial charge in [-0.15, -0.1) is 10.2 Å². The van der Waals surface area contributed by atoms with Gasteiger partial charge in [0.1, 0.15) is 0 Å². The summed E-state index contributed by atoms with van der Waals surface area (Å²) in [6.07, 6.45) is 1.76. The first-order valence-electron chi connectivity index (χ1n) is 5.34. The van der Waals surface area contributed by atoms with Crippen molar-refractivity contribution in [3.8, 4) is 0 Å². The second-order valence-electron chi connectivity index (χ2n) is 3.63. The number of aryl methyl sites for hydroxylation is 2. The van der Waals surface area contributed by atoms with E-state index in [-0.39, 0.29) is 0 Å². The lowest BCUT2D eigenvalue weighted by Gasteiger charge is -2.07. The monoisotopic (exact) mass is 217 g/mol. The molecule has 0 saturated heterocycles. The van der Waals surface area contributed by atoms with E-state index in [1.165, 1.54) is 11.1 Å². The van der Waals surface area contributed by atoms with E-state index in [0.29, 0.717) is 0 Å². The van der Waals surface area contributed by atoms with E-state index < -0.39 is 0 Å². The van der Waals surface area contributed by atoms with Gasteiger partial charge in [-0.3, -0.25) is 0 Å². The van der Waals surface area contributed by atoms with Crippen molar-refractivity contribution >= 4 is 0 Å². The SMILES string of the molecule is CNCc1ccccc1CCc1nn[nH]n1. The van der Waals surface area contributed by atoms with Crippen molar-refractivity contribution in [3.05, 3.63) is 41.2 Å². The Morgan fingerprint density at radius 1 is 1.19 bits per heavy atom. The summed E-state index contributed by atoms with van der Waals surface area (Å²) in [5.41, 5.74) is 2.66. The minimum atomic E-state index is 0.763. The second kappa shape index (κ2) is 5.37. The highest BCUT2D eigenvalue weighted by molar-refractivity contribution is 5.27. The van der Waals surface area contributed by atoms with E-state index in [1.54, 1.807) is 0 Å². The van der Waals surface area contributed by atoms with Gasteiger partial charge in [0.15, 0.2) is 5.82 Å². The Labute approximate surface area is 94.3 Å². The van der Waals surface area contributed by atoms with Crippen molar-refractivity contribution in [2.45, 2.75) is 19.4 Å². The highest BCUT2D eigenvalue weighted by atomic mass is 15.5. The third kappa shape index (κ3) is 2.64. The molecule has 0 aliphatic rings. The molecule has 0 atom stereocenters. The van der Waals surface area contributed by atoms with Crippen LogP contribution in [0.1, 0.15) is 17.0 Å². The number of hydrogen-bond acceptors (Lipinski definition) is 4. The maximum atomic E-state index is 3.94. The van der Waals surface area contributed by atoms with Crippen LogP contribution in [0.3, 0.4) is 0 Å². The Bertz CT molecular complexity index is 424. The quantitative estimate of drug-likeness (QED) is 0.774. The number of nitrogens with zero attached hydrogens (tertiary/aromatic N) is 3. The summed E-state index contributed by atoms with van der Waals surface area (Å²) in [6.45, 7) is 0.891. The van der Waals surface area contributed by atoms with Crippen molar-refractivity contribution in [1.82, 2.24) is 25.9 Å². The summed E-state index contributed by atoms with van der Waals surface area (Å²) in [5.74, 6) is 0.763. The second-order valence-corrected chi connectivity index (χ2v) is 3.63. The van der Waals surface area contributed by atoms with Gasteiger partial charge < -0.3 is 5.32 Å². The third-order valence-electron chi connectivity index (χ3n) is 2.49. The number of aromatic nitrogens is 4. The number of benzene rings is 1. The van der Waals surface area contributed by atoms with Gasteiger partial charge in [-0.25, -0.2) is 0 Å². The van der Waals surface area contributed by atoms with Gasteiger partial charge in [0.05, 0.1) is 0 Å². The van der Waals surface area contributed by atoms with Gasteiger partial charge in [-0.05, 0) is 24.6 Å². The average Bonchev–Trinajstić information content (AvgIpc) is 2.81. The fourth-order valence-electron chi connectivity index (χ4n) is 1.70. The molecule has 1 heterocycles. The topological polar surface area (TPSA) is 66.5 Å². The number of rotatable bonds is 5. The van der Waals surface area contributed by atoms with Crippen LogP contribution in [0.15, 0.2) is 24.3 Å². The van der Waals surface area contributed by atoms with Crippen LogP contribution < -0.4 is 5.32 Å². The first-order valence-corrected chi connectivity index (χ1v) is 5.34. The molecule has 2 aromatic rings. The molecule has 0 aliphatic heterocycles. The molecule has 1 aromatic carbocycles. The summed E-state index contributed by atoms with van der Waals surface area (Å²) in [4.78, 5) is 0. The fraction of sp³-hybridized carbons (Fsp3) is 0.364. The maximum absolute atomic E-state index is 3.94. The zero-order valence-corrected chi connectivity index (χ0v) is 9.27.